The van der Waals surface area contributed by atoms with Crippen molar-refractivity contribution in [2.24, 2.45) is 0 Å². The Balaban J connectivity index is 1.76. The lowest BCUT2D eigenvalue weighted by molar-refractivity contribution is -0.116. The van der Waals surface area contributed by atoms with Gasteiger partial charge in [-0.3, -0.25) is 4.79 Å². The van der Waals surface area contributed by atoms with E-state index in [1.54, 1.807) is 24.3 Å². The van der Waals surface area contributed by atoms with Gasteiger partial charge in [0.15, 0.2) is 0 Å². The van der Waals surface area contributed by atoms with E-state index in [2.05, 4.69) is 5.32 Å². The summed E-state index contributed by atoms with van der Waals surface area (Å²) >= 11 is 0.473. The van der Waals surface area contributed by atoms with Crippen LogP contribution in [0.3, 0.4) is 0 Å². The van der Waals surface area contributed by atoms with E-state index in [9.17, 15) is 13.6 Å². The Kier molecular flexibility index (Phi) is 6.40. The zero-order valence-corrected chi connectivity index (χ0v) is 13.4. The van der Waals surface area contributed by atoms with Crippen LogP contribution in [0.4, 0.5) is 14.5 Å². The van der Waals surface area contributed by atoms with Crippen molar-refractivity contribution in [1.29, 1.82) is 0 Å². The van der Waals surface area contributed by atoms with E-state index in [1.807, 2.05) is 31.2 Å². The number of carbonyl (C=O) groups excluding carboxylic acids is 1. The summed E-state index contributed by atoms with van der Waals surface area (Å²) in [5, 5.41) is 2.70. The molecule has 0 unspecified atom stereocenters. The summed E-state index contributed by atoms with van der Waals surface area (Å²) in [6, 6.07) is 13.9. The maximum absolute atomic E-state index is 12.2. The van der Waals surface area contributed by atoms with Crippen LogP contribution in [0.1, 0.15) is 12.0 Å². The molecule has 2 rings (SSSR count). The minimum atomic E-state index is -2.45. The number of carbonyl (C=O) groups is 1. The van der Waals surface area contributed by atoms with Crippen LogP contribution in [0.15, 0.2) is 53.4 Å². The molecule has 0 fully saturated rings. The van der Waals surface area contributed by atoms with Crippen LogP contribution in [-0.2, 0) is 4.79 Å². The van der Waals surface area contributed by atoms with E-state index < -0.39 is 5.76 Å². The van der Waals surface area contributed by atoms with Crippen molar-refractivity contribution in [1.82, 2.24) is 0 Å². The summed E-state index contributed by atoms with van der Waals surface area (Å²) in [6.07, 6.45) is 0.210. The number of amides is 1. The first-order valence-electron chi connectivity index (χ1n) is 7.07. The van der Waals surface area contributed by atoms with Gasteiger partial charge in [-0.1, -0.05) is 23.9 Å². The Morgan fingerprint density at radius 3 is 2.61 bits per heavy atom. The van der Waals surface area contributed by atoms with Gasteiger partial charge in [0, 0.05) is 10.6 Å². The Bertz CT molecular complexity index is 647. The molecule has 0 saturated heterocycles. The number of rotatable bonds is 7. The zero-order chi connectivity index (χ0) is 16.7. The van der Waals surface area contributed by atoms with E-state index in [0.29, 0.717) is 22.3 Å². The topological polar surface area (TPSA) is 38.3 Å². The van der Waals surface area contributed by atoms with E-state index >= 15 is 0 Å². The molecule has 0 bridgehead atoms. The van der Waals surface area contributed by atoms with E-state index in [1.165, 1.54) is 0 Å². The average molecular weight is 337 g/mol. The molecule has 0 spiro atoms. The zero-order valence-electron chi connectivity index (χ0n) is 12.6. The van der Waals surface area contributed by atoms with Gasteiger partial charge in [0.05, 0.1) is 13.0 Å². The predicted octanol–water partition coefficient (Wildman–Crippen LogP) is 4.72. The molecular weight excluding hydrogens is 320 g/mol. The number of nitrogens with one attached hydrogen (secondary N) is 1. The number of halogens is 2. The normalized spacial score (nSPS) is 10.6. The number of thioether (sulfide) groups is 1. The van der Waals surface area contributed by atoms with E-state index in [-0.39, 0.29) is 18.9 Å². The maximum atomic E-state index is 12.2. The molecule has 1 amide bonds. The van der Waals surface area contributed by atoms with Crippen LogP contribution in [-0.4, -0.2) is 18.3 Å². The van der Waals surface area contributed by atoms with Crippen LogP contribution >= 0.6 is 11.8 Å². The third-order valence-electron chi connectivity index (χ3n) is 2.95. The third-order valence-corrected chi connectivity index (χ3v) is 3.67. The highest BCUT2D eigenvalue weighted by Gasteiger charge is 2.06. The van der Waals surface area contributed by atoms with Crippen LogP contribution in [0, 0.1) is 6.92 Å². The van der Waals surface area contributed by atoms with Gasteiger partial charge in [0.25, 0.3) is 5.76 Å². The van der Waals surface area contributed by atoms with Crippen molar-refractivity contribution >= 4 is 23.4 Å². The second kappa shape index (κ2) is 8.53. The molecule has 6 heteroatoms. The summed E-state index contributed by atoms with van der Waals surface area (Å²) in [4.78, 5) is 12.3. The largest absolute Gasteiger partial charge is 0.493 e. The number of benzene rings is 2. The number of ether oxygens (including phenoxy) is 1. The summed E-state index contributed by atoms with van der Waals surface area (Å²) < 4.78 is 29.9. The molecule has 2 aromatic rings. The minimum Gasteiger partial charge on any atom is -0.493 e. The van der Waals surface area contributed by atoms with Gasteiger partial charge in [-0.25, -0.2) is 0 Å². The maximum Gasteiger partial charge on any atom is 0.288 e. The molecule has 0 radical (unpaired) electrons. The molecule has 0 aliphatic heterocycles. The molecule has 2 aromatic carbocycles. The standard InChI is InChI=1S/C17H17F2NO2S/c1-12-3-2-4-14(11-12)22-10-9-16(21)20-13-5-7-15(8-6-13)23-17(18)19/h2-8,11,17H,9-10H2,1H3,(H,20,21). The van der Waals surface area contributed by atoms with Crippen LogP contribution in [0.5, 0.6) is 5.75 Å². The van der Waals surface area contributed by atoms with E-state index in [4.69, 9.17) is 4.74 Å². The van der Waals surface area contributed by atoms with Gasteiger partial charge in [0.2, 0.25) is 5.91 Å². The lowest BCUT2D eigenvalue weighted by atomic mass is 10.2. The Morgan fingerprint density at radius 2 is 1.96 bits per heavy atom. The highest BCUT2D eigenvalue weighted by molar-refractivity contribution is 7.99. The molecular formula is C17H17F2NO2S. The van der Waals surface area contributed by atoms with Crippen molar-refractivity contribution in [3.05, 3.63) is 54.1 Å². The molecule has 0 aliphatic rings. The summed E-state index contributed by atoms with van der Waals surface area (Å²) in [5.41, 5.74) is 1.66. The van der Waals surface area contributed by atoms with Crippen LogP contribution in [0.25, 0.3) is 0 Å². The molecule has 0 aromatic heterocycles. The lowest BCUT2D eigenvalue weighted by Gasteiger charge is -2.08. The second-order valence-corrected chi connectivity index (χ2v) is 5.93. The fourth-order valence-corrected chi connectivity index (χ4v) is 2.41. The quantitative estimate of drug-likeness (QED) is 0.743. The summed E-state index contributed by atoms with van der Waals surface area (Å²) in [7, 11) is 0. The Labute approximate surface area is 138 Å². The number of alkyl halides is 2. The van der Waals surface area contributed by atoms with Gasteiger partial charge in [-0.2, -0.15) is 8.78 Å². The minimum absolute atomic E-state index is 0.188. The third kappa shape index (κ3) is 6.28. The molecule has 0 atom stereocenters. The smallest absolute Gasteiger partial charge is 0.288 e. The average Bonchev–Trinajstić information content (AvgIpc) is 2.49. The fourth-order valence-electron chi connectivity index (χ4n) is 1.91. The number of aryl methyl sites for hydroxylation is 1. The molecule has 1 N–H and O–H groups in total. The van der Waals surface area contributed by atoms with Gasteiger partial charge in [-0.15, -0.1) is 0 Å². The van der Waals surface area contributed by atoms with E-state index in [0.717, 1.165) is 11.3 Å². The summed E-state index contributed by atoms with van der Waals surface area (Å²) in [6.45, 7) is 2.24. The summed E-state index contributed by atoms with van der Waals surface area (Å²) in [5.74, 6) is -1.91. The molecule has 0 aliphatic carbocycles. The Hall–Kier alpha value is -2.08. The first kappa shape index (κ1) is 17.3. The first-order chi connectivity index (χ1) is 11.0. The van der Waals surface area contributed by atoms with Gasteiger partial charge in [0.1, 0.15) is 5.75 Å². The van der Waals surface area contributed by atoms with Crippen LogP contribution in [0.2, 0.25) is 0 Å². The first-order valence-corrected chi connectivity index (χ1v) is 7.95. The number of hydrogen-bond acceptors (Lipinski definition) is 3. The molecule has 23 heavy (non-hydrogen) atoms. The number of hydrogen-bond donors (Lipinski definition) is 1. The van der Waals surface area contributed by atoms with Crippen molar-refractivity contribution in [2.75, 3.05) is 11.9 Å². The molecule has 0 saturated carbocycles. The fraction of sp³-hybridized carbons (Fsp3) is 0.235. The van der Waals surface area contributed by atoms with Crippen molar-refractivity contribution in [2.45, 2.75) is 24.0 Å². The molecule has 3 nitrogen and oxygen atoms in total. The van der Waals surface area contributed by atoms with Crippen molar-refractivity contribution < 1.29 is 18.3 Å². The van der Waals surface area contributed by atoms with Gasteiger partial charge in [-0.05, 0) is 48.9 Å². The number of anilines is 1. The second-order valence-electron chi connectivity index (χ2n) is 4.87. The van der Waals surface area contributed by atoms with Gasteiger partial charge < -0.3 is 10.1 Å². The van der Waals surface area contributed by atoms with Gasteiger partial charge >= 0.3 is 0 Å². The highest BCUT2D eigenvalue weighted by atomic mass is 32.2. The van der Waals surface area contributed by atoms with Crippen molar-refractivity contribution in [3.63, 3.8) is 0 Å². The lowest BCUT2D eigenvalue weighted by Crippen LogP contribution is -2.15. The van der Waals surface area contributed by atoms with Crippen molar-refractivity contribution in [3.8, 4) is 5.75 Å². The Morgan fingerprint density at radius 1 is 1.22 bits per heavy atom. The monoisotopic (exact) mass is 337 g/mol. The highest BCUT2D eigenvalue weighted by Crippen LogP contribution is 2.26. The predicted molar refractivity (Wildman–Crippen MR) is 88.2 cm³/mol. The SMILES string of the molecule is Cc1cccc(OCCC(=O)Nc2ccc(SC(F)F)cc2)c1. The van der Waals surface area contributed by atoms with Crippen LogP contribution < -0.4 is 10.1 Å². The molecule has 122 valence electrons. The molecule has 0 heterocycles.